The molecule has 5 nitrogen and oxygen atoms in total. The molecular formula is C16H17ClN2O3S. The fourth-order valence-electron chi connectivity index (χ4n) is 1.93. The number of aromatic nitrogens is 1. The lowest BCUT2D eigenvalue weighted by Crippen LogP contribution is -2.24. The van der Waals surface area contributed by atoms with Gasteiger partial charge in [-0.15, -0.1) is 11.3 Å². The van der Waals surface area contributed by atoms with Gasteiger partial charge < -0.3 is 10.1 Å². The molecule has 1 amide bonds. The topological polar surface area (TPSA) is 68.3 Å². The second-order valence-corrected chi connectivity index (χ2v) is 6.07. The third-order valence-corrected chi connectivity index (χ3v) is 4.37. The molecule has 122 valence electrons. The molecule has 2 aromatic rings. The van der Waals surface area contributed by atoms with Gasteiger partial charge in [-0.1, -0.05) is 29.8 Å². The van der Waals surface area contributed by atoms with Crippen molar-refractivity contribution in [2.24, 2.45) is 0 Å². The predicted molar refractivity (Wildman–Crippen MR) is 90.8 cm³/mol. The van der Waals surface area contributed by atoms with E-state index in [9.17, 15) is 9.59 Å². The quantitative estimate of drug-likeness (QED) is 0.611. The summed E-state index contributed by atoms with van der Waals surface area (Å²) in [6, 6.07) is 7.39. The Morgan fingerprint density at radius 1 is 1.30 bits per heavy atom. The zero-order chi connectivity index (χ0) is 16.7. The number of methoxy groups -OCH3 is 1. The Morgan fingerprint density at radius 3 is 2.83 bits per heavy atom. The molecule has 0 aliphatic heterocycles. The first-order valence-corrected chi connectivity index (χ1v) is 8.43. The van der Waals surface area contributed by atoms with Crippen LogP contribution in [0.5, 0.6) is 0 Å². The first kappa shape index (κ1) is 17.4. The number of halogens is 1. The average Bonchev–Trinajstić information content (AvgIpc) is 3.04. The molecule has 0 spiro atoms. The van der Waals surface area contributed by atoms with Crippen molar-refractivity contribution in [3.05, 3.63) is 40.4 Å². The van der Waals surface area contributed by atoms with Gasteiger partial charge >= 0.3 is 5.97 Å². The number of rotatable bonds is 7. The van der Waals surface area contributed by atoms with E-state index in [-0.39, 0.29) is 11.9 Å². The van der Waals surface area contributed by atoms with Crippen LogP contribution in [0.15, 0.2) is 29.6 Å². The maximum atomic E-state index is 12.0. The number of carbonyl (C=O) groups is 2. The summed E-state index contributed by atoms with van der Waals surface area (Å²) < 4.78 is 4.56. The van der Waals surface area contributed by atoms with Gasteiger partial charge in [-0.25, -0.2) is 4.98 Å². The van der Waals surface area contributed by atoms with E-state index in [0.717, 1.165) is 5.56 Å². The number of thiazole rings is 1. The van der Waals surface area contributed by atoms with Gasteiger partial charge in [0.1, 0.15) is 10.7 Å². The molecule has 0 saturated heterocycles. The minimum Gasteiger partial charge on any atom is -0.469 e. The SMILES string of the molecule is COC(=O)CCCCNC(=O)c1csc(-c2ccccc2Cl)n1. The first-order chi connectivity index (χ1) is 11.1. The minimum atomic E-state index is -0.236. The highest BCUT2D eigenvalue weighted by molar-refractivity contribution is 7.13. The molecule has 0 bridgehead atoms. The molecule has 1 heterocycles. The maximum Gasteiger partial charge on any atom is 0.305 e. The summed E-state index contributed by atoms with van der Waals surface area (Å²) in [7, 11) is 1.36. The van der Waals surface area contributed by atoms with Gasteiger partial charge in [-0.2, -0.15) is 0 Å². The number of nitrogens with zero attached hydrogens (tertiary/aromatic N) is 1. The lowest BCUT2D eigenvalue weighted by atomic mass is 10.2. The summed E-state index contributed by atoms with van der Waals surface area (Å²) in [5, 5.41) is 5.82. The second kappa shape index (κ2) is 8.64. The Balaban J connectivity index is 1.85. The second-order valence-electron chi connectivity index (χ2n) is 4.81. The van der Waals surface area contributed by atoms with Crippen molar-refractivity contribution >= 4 is 34.8 Å². The molecule has 0 aliphatic carbocycles. The van der Waals surface area contributed by atoms with E-state index in [1.165, 1.54) is 18.4 Å². The lowest BCUT2D eigenvalue weighted by molar-refractivity contribution is -0.140. The summed E-state index contributed by atoms with van der Waals surface area (Å²) in [6.07, 6.45) is 1.75. The van der Waals surface area contributed by atoms with E-state index in [1.54, 1.807) is 11.4 Å². The fraction of sp³-hybridized carbons (Fsp3) is 0.312. The molecule has 0 radical (unpaired) electrons. The first-order valence-electron chi connectivity index (χ1n) is 7.17. The molecule has 0 saturated carbocycles. The van der Waals surface area contributed by atoms with Crippen molar-refractivity contribution < 1.29 is 14.3 Å². The van der Waals surface area contributed by atoms with Gasteiger partial charge in [0.05, 0.1) is 12.1 Å². The number of hydrogen-bond donors (Lipinski definition) is 1. The molecule has 0 fully saturated rings. The number of hydrogen-bond acceptors (Lipinski definition) is 5. The van der Waals surface area contributed by atoms with Crippen LogP contribution in [-0.4, -0.2) is 30.5 Å². The maximum absolute atomic E-state index is 12.0. The summed E-state index contributed by atoms with van der Waals surface area (Å²) in [5.74, 6) is -0.460. The smallest absolute Gasteiger partial charge is 0.305 e. The van der Waals surface area contributed by atoms with Crippen LogP contribution in [0.3, 0.4) is 0 Å². The molecule has 1 N–H and O–H groups in total. The number of ether oxygens (including phenoxy) is 1. The number of benzene rings is 1. The highest BCUT2D eigenvalue weighted by Crippen LogP contribution is 2.29. The van der Waals surface area contributed by atoms with Crippen molar-refractivity contribution in [3.8, 4) is 10.6 Å². The number of esters is 1. The van der Waals surface area contributed by atoms with Crippen LogP contribution in [0.25, 0.3) is 10.6 Å². The summed E-state index contributed by atoms with van der Waals surface area (Å²) in [5.41, 5.74) is 1.19. The van der Waals surface area contributed by atoms with Gasteiger partial charge in [0.25, 0.3) is 5.91 Å². The highest BCUT2D eigenvalue weighted by atomic mass is 35.5. The van der Waals surface area contributed by atoms with Crippen LogP contribution in [0, 0.1) is 0 Å². The lowest BCUT2D eigenvalue weighted by Gasteiger charge is -2.03. The fourth-order valence-corrected chi connectivity index (χ4v) is 3.05. The molecule has 0 aliphatic rings. The van der Waals surface area contributed by atoms with E-state index in [0.29, 0.717) is 41.5 Å². The Hall–Kier alpha value is -1.92. The Kier molecular flexibility index (Phi) is 6.55. The largest absolute Gasteiger partial charge is 0.469 e. The Bertz CT molecular complexity index is 687. The van der Waals surface area contributed by atoms with Gasteiger partial charge in [-0.05, 0) is 18.9 Å². The average molecular weight is 353 g/mol. The van der Waals surface area contributed by atoms with Gasteiger partial charge in [0.15, 0.2) is 0 Å². The Labute approximate surface area is 143 Å². The van der Waals surface area contributed by atoms with Gasteiger partial charge in [0, 0.05) is 23.9 Å². The van der Waals surface area contributed by atoms with Crippen LogP contribution in [0.2, 0.25) is 5.02 Å². The number of nitrogens with one attached hydrogen (secondary N) is 1. The van der Waals surface area contributed by atoms with Crippen LogP contribution in [0.4, 0.5) is 0 Å². The zero-order valence-electron chi connectivity index (χ0n) is 12.7. The van der Waals surface area contributed by atoms with Crippen molar-refractivity contribution in [1.82, 2.24) is 10.3 Å². The number of amides is 1. The van der Waals surface area contributed by atoms with E-state index in [4.69, 9.17) is 11.6 Å². The van der Waals surface area contributed by atoms with E-state index < -0.39 is 0 Å². The number of unbranched alkanes of at least 4 members (excludes halogenated alkanes) is 1. The van der Waals surface area contributed by atoms with Crippen LogP contribution < -0.4 is 5.32 Å². The van der Waals surface area contributed by atoms with Crippen LogP contribution in [0.1, 0.15) is 29.8 Å². The van der Waals surface area contributed by atoms with Crippen molar-refractivity contribution in [2.75, 3.05) is 13.7 Å². The normalized spacial score (nSPS) is 10.3. The third kappa shape index (κ3) is 5.04. The molecule has 23 heavy (non-hydrogen) atoms. The molecule has 0 atom stereocenters. The van der Waals surface area contributed by atoms with Crippen molar-refractivity contribution in [3.63, 3.8) is 0 Å². The van der Waals surface area contributed by atoms with Crippen LogP contribution >= 0.6 is 22.9 Å². The predicted octanol–water partition coefficient (Wildman–Crippen LogP) is 3.54. The molecular weight excluding hydrogens is 336 g/mol. The third-order valence-electron chi connectivity index (χ3n) is 3.16. The van der Waals surface area contributed by atoms with Crippen molar-refractivity contribution in [1.29, 1.82) is 0 Å². The Morgan fingerprint density at radius 2 is 2.09 bits per heavy atom. The molecule has 1 aromatic carbocycles. The molecule has 7 heteroatoms. The van der Waals surface area contributed by atoms with E-state index in [2.05, 4.69) is 15.0 Å². The molecule has 1 aromatic heterocycles. The van der Waals surface area contributed by atoms with E-state index in [1.807, 2.05) is 18.2 Å². The molecule has 2 rings (SSSR count). The zero-order valence-corrected chi connectivity index (χ0v) is 14.2. The highest BCUT2D eigenvalue weighted by Gasteiger charge is 2.13. The number of carbonyl (C=O) groups excluding carboxylic acids is 2. The van der Waals surface area contributed by atoms with Gasteiger partial charge in [0.2, 0.25) is 0 Å². The van der Waals surface area contributed by atoms with Crippen molar-refractivity contribution in [2.45, 2.75) is 19.3 Å². The summed E-state index contributed by atoms with van der Waals surface area (Å²) in [4.78, 5) is 27.3. The monoisotopic (exact) mass is 352 g/mol. The van der Waals surface area contributed by atoms with Crippen LogP contribution in [-0.2, 0) is 9.53 Å². The van der Waals surface area contributed by atoms with Gasteiger partial charge in [-0.3, -0.25) is 9.59 Å². The standard InChI is InChI=1S/C16H17ClN2O3S/c1-22-14(20)8-4-5-9-18-15(21)13-10-23-16(19-13)11-6-2-3-7-12(11)17/h2-3,6-7,10H,4-5,8-9H2,1H3,(H,18,21). The molecule has 0 unspecified atom stereocenters. The summed E-state index contributed by atoms with van der Waals surface area (Å²) >= 11 is 7.51. The minimum absolute atomic E-state index is 0.224. The van der Waals surface area contributed by atoms with E-state index >= 15 is 0 Å². The summed E-state index contributed by atoms with van der Waals surface area (Å²) in [6.45, 7) is 0.495.